The highest BCUT2D eigenvalue weighted by Crippen LogP contribution is 2.16. The fraction of sp³-hybridized carbons (Fsp3) is 0.667. The Hall–Kier alpha value is -0.970. The number of likely N-dealkylation sites (tertiary alicyclic amines) is 1. The summed E-state index contributed by atoms with van der Waals surface area (Å²) in [6.07, 6.45) is 1.79. The first-order valence-electron chi connectivity index (χ1n) is 7.31. The molecule has 1 unspecified atom stereocenters. The van der Waals surface area contributed by atoms with Crippen molar-refractivity contribution < 1.29 is 9.84 Å². The van der Waals surface area contributed by atoms with E-state index < -0.39 is 6.10 Å². The quantitative estimate of drug-likeness (QED) is 0.791. The zero-order valence-corrected chi connectivity index (χ0v) is 13.2. The van der Waals surface area contributed by atoms with Crippen molar-refractivity contribution in [2.45, 2.75) is 31.5 Å². The maximum atomic E-state index is 9.74. The van der Waals surface area contributed by atoms with Gasteiger partial charge in [-0.2, -0.15) is 5.26 Å². The standard InChI is InChI=1S/C15H23N3O2S/c1-20-10-14(19)9-18-4-2-13(3-5-18)17-8-15-6-12(7-16)11-21-15/h6,11,13-14,17,19H,2-5,8-10H2,1H3. The normalized spacial score (nSPS) is 18.5. The molecule has 0 amide bonds. The van der Waals surface area contributed by atoms with Crippen molar-refractivity contribution in [2.24, 2.45) is 0 Å². The van der Waals surface area contributed by atoms with Gasteiger partial charge in [0.15, 0.2) is 0 Å². The van der Waals surface area contributed by atoms with E-state index in [0.717, 1.165) is 38.0 Å². The van der Waals surface area contributed by atoms with Crippen LogP contribution in [0.4, 0.5) is 0 Å². The molecule has 2 N–H and O–H groups in total. The highest BCUT2D eigenvalue weighted by Gasteiger charge is 2.20. The molecule has 116 valence electrons. The largest absolute Gasteiger partial charge is 0.389 e. The lowest BCUT2D eigenvalue weighted by Crippen LogP contribution is -2.45. The molecular formula is C15H23N3O2S. The van der Waals surface area contributed by atoms with E-state index in [0.29, 0.717) is 19.2 Å². The Bertz CT molecular complexity index is 464. The summed E-state index contributed by atoms with van der Waals surface area (Å²) in [6.45, 7) is 3.94. The average Bonchev–Trinajstić information content (AvgIpc) is 2.95. The molecule has 1 fully saturated rings. The summed E-state index contributed by atoms with van der Waals surface area (Å²) in [5.41, 5.74) is 0.749. The van der Waals surface area contributed by atoms with Crippen LogP contribution in [-0.4, -0.2) is 55.5 Å². The second-order valence-electron chi connectivity index (χ2n) is 5.48. The van der Waals surface area contributed by atoms with Crippen LogP contribution in [0.1, 0.15) is 23.3 Å². The van der Waals surface area contributed by atoms with Gasteiger partial charge < -0.3 is 20.1 Å². The van der Waals surface area contributed by atoms with Crippen LogP contribution in [0.2, 0.25) is 0 Å². The number of aliphatic hydroxyl groups excluding tert-OH is 1. The molecule has 0 bridgehead atoms. The van der Waals surface area contributed by atoms with E-state index in [1.807, 2.05) is 11.4 Å². The highest BCUT2D eigenvalue weighted by molar-refractivity contribution is 7.10. The summed E-state index contributed by atoms with van der Waals surface area (Å²) in [5.74, 6) is 0. The molecule has 0 aliphatic carbocycles. The number of hydrogen-bond acceptors (Lipinski definition) is 6. The predicted molar refractivity (Wildman–Crippen MR) is 83.2 cm³/mol. The Labute approximate surface area is 130 Å². The minimum absolute atomic E-state index is 0.393. The summed E-state index contributed by atoms with van der Waals surface area (Å²) in [4.78, 5) is 3.50. The number of methoxy groups -OCH3 is 1. The van der Waals surface area contributed by atoms with Gasteiger partial charge in [-0.25, -0.2) is 0 Å². The van der Waals surface area contributed by atoms with Crippen molar-refractivity contribution in [1.29, 1.82) is 5.26 Å². The second-order valence-corrected chi connectivity index (χ2v) is 6.47. The first-order chi connectivity index (χ1) is 10.2. The summed E-state index contributed by atoms with van der Waals surface area (Å²) in [6, 6.07) is 4.64. The number of ether oxygens (including phenoxy) is 1. The van der Waals surface area contributed by atoms with Gasteiger partial charge in [0.05, 0.1) is 18.3 Å². The molecule has 2 rings (SSSR count). The fourth-order valence-electron chi connectivity index (χ4n) is 2.64. The molecule has 1 saturated heterocycles. The number of thiophene rings is 1. The number of aliphatic hydroxyl groups is 1. The topological polar surface area (TPSA) is 68.5 Å². The molecule has 0 spiro atoms. The Morgan fingerprint density at radius 1 is 1.57 bits per heavy atom. The van der Waals surface area contributed by atoms with Gasteiger partial charge in [-0.05, 0) is 32.0 Å². The van der Waals surface area contributed by atoms with E-state index in [1.165, 1.54) is 4.88 Å². The van der Waals surface area contributed by atoms with E-state index in [4.69, 9.17) is 10.00 Å². The number of nitriles is 1. The van der Waals surface area contributed by atoms with Gasteiger partial charge in [-0.3, -0.25) is 0 Å². The van der Waals surface area contributed by atoms with Gasteiger partial charge >= 0.3 is 0 Å². The van der Waals surface area contributed by atoms with Gasteiger partial charge in [0.2, 0.25) is 0 Å². The number of β-amino-alcohol motifs (C(OH)–C–C–N with tert-alkyl or cyclic N) is 1. The number of rotatable bonds is 7. The van der Waals surface area contributed by atoms with Gasteiger partial charge in [0.25, 0.3) is 0 Å². The Morgan fingerprint density at radius 2 is 2.33 bits per heavy atom. The first kappa shape index (κ1) is 16.4. The molecule has 1 aromatic rings. The molecule has 0 aromatic carbocycles. The van der Waals surface area contributed by atoms with Crippen LogP contribution >= 0.6 is 11.3 Å². The zero-order valence-electron chi connectivity index (χ0n) is 12.4. The summed E-state index contributed by atoms with van der Waals surface area (Å²) < 4.78 is 4.95. The Morgan fingerprint density at radius 3 is 2.95 bits per heavy atom. The lowest BCUT2D eigenvalue weighted by atomic mass is 10.0. The van der Waals surface area contributed by atoms with Crippen molar-refractivity contribution in [3.05, 3.63) is 21.9 Å². The van der Waals surface area contributed by atoms with Crippen LogP contribution in [0, 0.1) is 11.3 Å². The number of nitrogens with one attached hydrogen (secondary N) is 1. The number of piperidine rings is 1. The third-order valence-electron chi connectivity index (χ3n) is 3.76. The smallest absolute Gasteiger partial charge is 0.100 e. The lowest BCUT2D eigenvalue weighted by molar-refractivity contribution is 0.0310. The molecular weight excluding hydrogens is 286 g/mol. The molecule has 1 aliphatic rings. The molecule has 6 heteroatoms. The van der Waals surface area contributed by atoms with Crippen LogP contribution < -0.4 is 5.32 Å². The van der Waals surface area contributed by atoms with E-state index in [1.54, 1.807) is 18.4 Å². The fourth-order valence-corrected chi connectivity index (χ4v) is 3.40. The third-order valence-corrected chi connectivity index (χ3v) is 4.70. The molecule has 21 heavy (non-hydrogen) atoms. The summed E-state index contributed by atoms with van der Waals surface area (Å²) >= 11 is 1.63. The molecule has 1 aromatic heterocycles. The van der Waals surface area contributed by atoms with E-state index in [2.05, 4.69) is 16.3 Å². The average molecular weight is 309 g/mol. The van der Waals surface area contributed by atoms with Crippen LogP contribution in [-0.2, 0) is 11.3 Å². The van der Waals surface area contributed by atoms with Gasteiger partial charge in [-0.15, -0.1) is 11.3 Å². The molecule has 1 aliphatic heterocycles. The number of nitrogens with zero attached hydrogens (tertiary/aromatic N) is 2. The van der Waals surface area contributed by atoms with E-state index in [9.17, 15) is 5.11 Å². The van der Waals surface area contributed by atoms with Crippen LogP contribution in [0.25, 0.3) is 0 Å². The monoisotopic (exact) mass is 309 g/mol. The van der Waals surface area contributed by atoms with Crippen molar-refractivity contribution >= 4 is 11.3 Å². The predicted octanol–water partition coefficient (Wildman–Crippen LogP) is 1.18. The molecule has 0 radical (unpaired) electrons. The number of hydrogen-bond donors (Lipinski definition) is 2. The maximum absolute atomic E-state index is 9.74. The van der Waals surface area contributed by atoms with Crippen molar-refractivity contribution in [3.63, 3.8) is 0 Å². The van der Waals surface area contributed by atoms with Crippen molar-refractivity contribution in [2.75, 3.05) is 33.4 Å². The highest BCUT2D eigenvalue weighted by atomic mass is 32.1. The SMILES string of the molecule is COCC(O)CN1CCC(NCc2cc(C#N)cs2)CC1. The Balaban J connectivity index is 1.66. The zero-order chi connectivity index (χ0) is 15.1. The second kappa shape index (κ2) is 8.47. The van der Waals surface area contributed by atoms with Crippen LogP contribution in [0.5, 0.6) is 0 Å². The van der Waals surface area contributed by atoms with Crippen LogP contribution in [0.15, 0.2) is 11.4 Å². The molecule has 5 nitrogen and oxygen atoms in total. The van der Waals surface area contributed by atoms with Gasteiger partial charge in [0.1, 0.15) is 6.07 Å². The Kier molecular flexibility index (Phi) is 6.61. The minimum atomic E-state index is -0.393. The molecule has 0 saturated carbocycles. The van der Waals surface area contributed by atoms with Gasteiger partial charge in [0, 0.05) is 36.5 Å². The van der Waals surface area contributed by atoms with Crippen molar-refractivity contribution in [1.82, 2.24) is 10.2 Å². The van der Waals surface area contributed by atoms with E-state index in [-0.39, 0.29) is 0 Å². The minimum Gasteiger partial charge on any atom is -0.389 e. The maximum Gasteiger partial charge on any atom is 0.100 e. The first-order valence-corrected chi connectivity index (χ1v) is 8.19. The summed E-state index contributed by atoms with van der Waals surface area (Å²) in [5, 5.41) is 24.0. The molecule has 2 heterocycles. The van der Waals surface area contributed by atoms with Crippen molar-refractivity contribution in [3.8, 4) is 6.07 Å². The van der Waals surface area contributed by atoms with Gasteiger partial charge in [-0.1, -0.05) is 0 Å². The lowest BCUT2D eigenvalue weighted by Gasteiger charge is -2.33. The van der Waals surface area contributed by atoms with E-state index >= 15 is 0 Å². The third kappa shape index (κ3) is 5.38. The van der Waals surface area contributed by atoms with Crippen LogP contribution in [0.3, 0.4) is 0 Å². The molecule has 1 atom stereocenters. The summed E-state index contributed by atoms with van der Waals surface area (Å²) in [7, 11) is 1.61.